The number of aromatic nitrogens is 2. The summed E-state index contributed by atoms with van der Waals surface area (Å²) in [6.45, 7) is 4.17. The monoisotopic (exact) mass is 362 g/mol. The molecule has 1 aromatic heterocycles. The lowest BCUT2D eigenvalue weighted by Gasteiger charge is -2.22. The summed E-state index contributed by atoms with van der Waals surface area (Å²) in [4.78, 5) is 11.9. The molecule has 2 heterocycles. The van der Waals surface area contributed by atoms with Gasteiger partial charge in [0.25, 0.3) is 0 Å². The van der Waals surface area contributed by atoms with Gasteiger partial charge in [-0.3, -0.25) is 9.48 Å². The molecular weight excluding hydrogens is 340 g/mol. The summed E-state index contributed by atoms with van der Waals surface area (Å²) >= 11 is 0. The maximum Gasteiger partial charge on any atom is 0.160 e. The van der Waals surface area contributed by atoms with Crippen LogP contribution in [-0.4, -0.2) is 41.5 Å². The minimum atomic E-state index is 0.0419. The van der Waals surface area contributed by atoms with E-state index in [1.165, 1.54) is 0 Å². The van der Waals surface area contributed by atoms with Gasteiger partial charge in [-0.05, 0) is 30.2 Å². The summed E-state index contributed by atoms with van der Waals surface area (Å²) in [5.41, 5.74) is 4.60. The molecule has 0 saturated carbocycles. The molecule has 2 aromatic carbocycles. The summed E-state index contributed by atoms with van der Waals surface area (Å²) in [5.74, 6) is 0.0648. The van der Waals surface area contributed by atoms with Gasteiger partial charge in [-0.25, -0.2) is 0 Å². The molecule has 0 radical (unpaired) electrons. The van der Waals surface area contributed by atoms with Gasteiger partial charge in [-0.1, -0.05) is 42.5 Å². The van der Waals surface area contributed by atoms with Crippen molar-refractivity contribution in [2.45, 2.75) is 19.6 Å². The van der Waals surface area contributed by atoms with Crippen molar-refractivity contribution in [3.8, 4) is 22.4 Å². The van der Waals surface area contributed by atoms with Gasteiger partial charge >= 0.3 is 0 Å². The first-order valence-electron chi connectivity index (χ1n) is 9.14. The Hall–Kier alpha value is -2.76. The zero-order valence-corrected chi connectivity index (χ0v) is 15.3. The largest absolute Gasteiger partial charge is 0.376 e. The van der Waals surface area contributed by atoms with Gasteiger partial charge in [0.15, 0.2) is 5.78 Å². The van der Waals surface area contributed by atoms with E-state index in [0.29, 0.717) is 26.4 Å². The van der Waals surface area contributed by atoms with Gasteiger partial charge in [0.05, 0.1) is 32.1 Å². The molecule has 1 aliphatic heterocycles. The Morgan fingerprint density at radius 2 is 1.96 bits per heavy atom. The summed E-state index contributed by atoms with van der Waals surface area (Å²) in [6.07, 6.45) is 2.00. The maximum absolute atomic E-state index is 11.9. The van der Waals surface area contributed by atoms with E-state index >= 15 is 0 Å². The topological polar surface area (TPSA) is 53.4 Å². The van der Waals surface area contributed by atoms with Crippen molar-refractivity contribution in [2.75, 3.05) is 19.8 Å². The van der Waals surface area contributed by atoms with Gasteiger partial charge in [-0.2, -0.15) is 5.10 Å². The average molecular weight is 362 g/mol. The molecule has 0 N–H and O–H groups in total. The van der Waals surface area contributed by atoms with Crippen molar-refractivity contribution >= 4 is 5.78 Å². The number of rotatable bonds is 5. The van der Waals surface area contributed by atoms with Gasteiger partial charge in [0.1, 0.15) is 6.10 Å². The SMILES string of the molecule is CC(=O)c1ccccc1-c1cccc(-c2ccn(C[C@H]3COCCO3)n2)c1. The molecule has 138 valence electrons. The first-order valence-corrected chi connectivity index (χ1v) is 9.14. The molecule has 0 bridgehead atoms. The maximum atomic E-state index is 11.9. The number of carbonyl (C=O) groups is 1. The second-order valence-electron chi connectivity index (χ2n) is 6.67. The van der Waals surface area contributed by atoms with E-state index in [4.69, 9.17) is 9.47 Å². The second kappa shape index (κ2) is 7.86. The standard InChI is InChI=1S/C22H22N2O3/c1-16(25)20-7-2-3-8-21(20)17-5-4-6-18(13-17)22-9-10-24(23-22)14-19-15-26-11-12-27-19/h2-10,13,19H,11-12,14-15H2,1H3/t19-/m0/s1. The van der Waals surface area contributed by atoms with Gasteiger partial charge < -0.3 is 9.47 Å². The number of hydrogen-bond acceptors (Lipinski definition) is 4. The fraction of sp³-hybridized carbons (Fsp3) is 0.273. The van der Waals surface area contributed by atoms with Crippen LogP contribution in [0, 0.1) is 0 Å². The molecule has 0 spiro atoms. The highest BCUT2D eigenvalue weighted by molar-refractivity contribution is 6.01. The van der Waals surface area contributed by atoms with Crippen LogP contribution < -0.4 is 0 Å². The van der Waals surface area contributed by atoms with Crippen LogP contribution in [0.4, 0.5) is 0 Å². The number of hydrogen-bond donors (Lipinski definition) is 0. The molecule has 5 nitrogen and oxygen atoms in total. The Morgan fingerprint density at radius 1 is 1.11 bits per heavy atom. The Morgan fingerprint density at radius 3 is 2.78 bits per heavy atom. The Balaban J connectivity index is 1.59. The molecule has 0 amide bonds. The van der Waals surface area contributed by atoms with E-state index in [1.807, 2.05) is 59.4 Å². The summed E-state index contributed by atoms with van der Waals surface area (Å²) in [6, 6.07) is 17.8. The summed E-state index contributed by atoms with van der Waals surface area (Å²) in [5, 5.41) is 4.68. The van der Waals surface area contributed by atoms with Crippen molar-refractivity contribution in [3.63, 3.8) is 0 Å². The second-order valence-corrected chi connectivity index (χ2v) is 6.67. The van der Waals surface area contributed by atoms with Crippen LogP contribution in [0.2, 0.25) is 0 Å². The Kier molecular flexibility index (Phi) is 5.14. The molecule has 3 aromatic rings. The zero-order valence-electron chi connectivity index (χ0n) is 15.3. The van der Waals surface area contributed by atoms with E-state index in [9.17, 15) is 4.79 Å². The van der Waals surface area contributed by atoms with E-state index in [0.717, 1.165) is 27.9 Å². The minimum absolute atomic E-state index is 0.0419. The molecule has 0 aliphatic carbocycles. The first-order chi connectivity index (χ1) is 13.2. The Labute approximate surface area is 158 Å². The van der Waals surface area contributed by atoms with Crippen LogP contribution >= 0.6 is 0 Å². The lowest BCUT2D eigenvalue weighted by Crippen LogP contribution is -2.32. The van der Waals surface area contributed by atoms with Crippen molar-refractivity contribution in [1.29, 1.82) is 0 Å². The smallest absolute Gasteiger partial charge is 0.160 e. The molecular formula is C22H22N2O3. The van der Waals surface area contributed by atoms with E-state index in [2.05, 4.69) is 11.2 Å². The van der Waals surface area contributed by atoms with Crippen molar-refractivity contribution in [3.05, 3.63) is 66.4 Å². The van der Waals surface area contributed by atoms with Crippen LogP contribution in [0.25, 0.3) is 22.4 Å². The fourth-order valence-corrected chi connectivity index (χ4v) is 3.36. The summed E-state index contributed by atoms with van der Waals surface area (Å²) < 4.78 is 13.0. The molecule has 4 rings (SSSR count). The number of nitrogens with zero attached hydrogens (tertiary/aromatic N) is 2. The molecule has 1 fully saturated rings. The predicted octanol–water partition coefficient (Wildman–Crippen LogP) is 3.84. The highest BCUT2D eigenvalue weighted by Gasteiger charge is 2.16. The lowest BCUT2D eigenvalue weighted by atomic mass is 9.96. The highest BCUT2D eigenvalue weighted by Crippen LogP contribution is 2.28. The van der Waals surface area contributed by atoms with Crippen LogP contribution in [0.1, 0.15) is 17.3 Å². The third-order valence-electron chi connectivity index (χ3n) is 4.69. The van der Waals surface area contributed by atoms with E-state index in [-0.39, 0.29) is 11.9 Å². The van der Waals surface area contributed by atoms with Crippen molar-refractivity contribution < 1.29 is 14.3 Å². The van der Waals surface area contributed by atoms with Crippen LogP contribution in [0.15, 0.2) is 60.8 Å². The molecule has 27 heavy (non-hydrogen) atoms. The van der Waals surface area contributed by atoms with E-state index < -0.39 is 0 Å². The number of Topliss-reactive ketones (excluding diaryl/α,β-unsaturated/α-hetero) is 1. The van der Waals surface area contributed by atoms with Crippen LogP contribution in [-0.2, 0) is 16.0 Å². The van der Waals surface area contributed by atoms with Crippen molar-refractivity contribution in [1.82, 2.24) is 9.78 Å². The summed E-state index contributed by atoms with van der Waals surface area (Å²) in [7, 11) is 0. The quantitative estimate of drug-likeness (QED) is 0.647. The molecule has 0 unspecified atom stereocenters. The van der Waals surface area contributed by atoms with E-state index in [1.54, 1.807) is 6.92 Å². The Bertz CT molecular complexity index is 942. The average Bonchev–Trinajstić information content (AvgIpc) is 3.17. The molecule has 1 aliphatic rings. The number of carbonyl (C=O) groups excluding carboxylic acids is 1. The number of ether oxygens (including phenoxy) is 2. The fourth-order valence-electron chi connectivity index (χ4n) is 3.36. The number of benzene rings is 2. The van der Waals surface area contributed by atoms with Gasteiger partial charge in [0, 0.05) is 17.3 Å². The molecule has 1 saturated heterocycles. The van der Waals surface area contributed by atoms with Crippen LogP contribution in [0.5, 0.6) is 0 Å². The van der Waals surface area contributed by atoms with Crippen LogP contribution in [0.3, 0.4) is 0 Å². The third-order valence-corrected chi connectivity index (χ3v) is 4.69. The third kappa shape index (κ3) is 3.99. The minimum Gasteiger partial charge on any atom is -0.376 e. The molecule has 1 atom stereocenters. The number of ketones is 1. The van der Waals surface area contributed by atoms with Crippen molar-refractivity contribution in [2.24, 2.45) is 0 Å². The first kappa shape index (κ1) is 17.6. The van der Waals surface area contributed by atoms with Gasteiger partial charge in [-0.15, -0.1) is 0 Å². The van der Waals surface area contributed by atoms with Gasteiger partial charge in [0.2, 0.25) is 0 Å². The zero-order chi connectivity index (χ0) is 18.6. The normalized spacial score (nSPS) is 17.0. The predicted molar refractivity (Wildman–Crippen MR) is 104 cm³/mol. The highest BCUT2D eigenvalue weighted by atomic mass is 16.6. The lowest BCUT2D eigenvalue weighted by molar-refractivity contribution is -0.0946. The molecule has 5 heteroatoms.